The highest BCUT2D eigenvalue weighted by Crippen LogP contribution is 2.35. The zero-order valence-corrected chi connectivity index (χ0v) is 18.3. The minimum Gasteiger partial charge on any atom is -0.465 e. The minimum absolute atomic E-state index is 0.00226. The number of halogens is 2. The van der Waals surface area contributed by atoms with Crippen LogP contribution in [0.4, 0.5) is 5.00 Å². The molecule has 0 aliphatic carbocycles. The van der Waals surface area contributed by atoms with Crippen LogP contribution in [0.5, 0.6) is 0 Å². The van der Waals surface area contributed by atoms with Gasteiger partial charge in [0.05, 0.1) is 29.8 Å². The number of thiophene rings is 1. The van der Waals surface area contributed by atoms with Crippen molar-refractivity contribution >= 4 is 57.4 Å². The van der Waals surface area contributed by atoms with Crippen LogP contribution in [0.15, 0.2) is 34.7 Å². The Balaban J connectivity index is 1.91. The summed E-state index contributed by atoms with van der Waals surface area (Å²) in [5, 5.41) is 3.50. The zero-order chi connectivity index (χ0) is 22.0. The van der Waals surface area contributed by atoms with Crippen LogP contribution < -0.4 is 5.32 Å². The maximum absolute atomic E-state index is 12.7. The maximum atomic E-state index is 12.7. The molecule has 1 amide bonds. The Morgan fingerprint density at radius 2 is 1.70 bits per heavy atom. The number of furan rings is 1. The first-order valence-electron chi connectivity index (χ1n) is 8.43. The third kappa shape index (κ3) is 4.21. The zero-order valence-electron chi connectivity index (χ0n) is 16.0. The summed E-state index contributed by atoms with van der Waals surface area (Å²) in [6.45, 7) is 1.57. The maximum Gasteiger partial charge on any atom is 0.348 e. The molecule has 2 aromatic heterocycles. The molecule has 2 heterocycles. The van der Waals surface area contributed by atoms with Gasteiger partial charge >= 0.3 is 11.9 Å². The predicted octanol–water partition coefficient (Wildman–Crippen LogP) is 5.45. The molecule has 3 aromatic rings. The molecule has 0 atom stereocenters. The van der Waals surface area contributed by atoms with E-state index >= 15 is 0 Å². The molecule has 0 unspecified atom stereocenters. The van der Waals surface area contributed by atoms with Crippen LogP contribution in [0.25, 0.3) is 11.3 Å². The summed E-state index contributed by atoms with van der Waals surface area (Å²) < 4.78 is 15.1. The molecule has 0 saturated carbocycles. The molecule has 1 aromatic carbocycles. The molecule has 3 rings (SSSR count). The van der Waals surface area contributed by atoms with Crippen molar-refractivity contribution in [1.29, 1.82) is 0 Å². The van der Waals surface area contributed by atoms with Gasteiger partial charge < -0.3 is 19.2 Å². The van der Waals surface area contributed by atoms with Crippen LogP contribution >= 0.6 is 34.5 Å². The first kappa shape index (κ1) is 21.9. The predicted molar refractivity (Wildman–Crippen MR) is 114 cm³/mol. The molecule has 156 valence electrons. The van der Waals surface area contributed by atoms with E-state index in [-0.39, 0.29) is 21.2 Å². The highest BCUT2D eigenvalue weighted by atomic mass is 35.5. The van der Waals surface area contributed by atoms with Crippen LogP contribution in [-0.4, -0.2) is 32.1 Å². The average Bonchev–Trinajstić information content (AvgIpc) is 3.34. The van der Waals surface area contributed by atoms with Gasteiger partial charge in [0.2, 0.25) is 0 Å². The molecule has 0 radical (unpaired) electrons. The van der Waals surface area contributed by atoms with Crippen LogP contribution in [0, 0.1) is 6.92 Å². The highest BCUT2D eigenvalue weighted by molar-refractivity contribution is 7.18. The Bertz CT molecular complexity index is 1150. The molecule has 0 aliphatic heterocycles. The molecule has 0 spiro atoms. The van der Waals surface area contributed by atoms with E-state index in [1.165, 1.54) is 20.3 Å². The van der Waals surface area contributed by atoms with E-state index in [9.17, 15) is 14.4 Å². The summed E-state index contributed by atoms with van der Waals surface area (Å²) in [5.74, 6) is -1.51. The van der Waals surface area contributed by atoms with E-state index in [0.717, 1.165) is 11.3 Å². The van der Waals surface area contributed by atoms with Gasteiger partial charge in [0.25, 0.3) is 5.91 Å². The quantitative estimate of drug-likeness (QED) is 0.501. The fraction of sp³-hybridized carbons (Fsp3) is 0.150. The van der Waals surface area contributed by atoms with Crippen molar-refractivity contribution in [2.75, 3.05) is 19.5 Å². The van der Waals surface area contributed by atoms with Crippen LogP contribution in [-0.2, 0) is 9.47 Å². The van der Waals surface area contributed by atoms with Gasteiger partial charge in [-0.05, 0) is 42.8 Å². The number of carbonyl (C=O) groups is 3. The topological polar surface area (TPSA) is 94.8 Å². The van der Waals surface area contributed by atoms with Gasteiger partial charge in [0.1, 0.15) is 15.6 Å². The summed E-state index contributed by atoms with van der Waals surface area (Å²) in [5.41, 5.74) is 1.07. The summed E-state index contributed by atoms with van der Waals surface area (Å²) in [6.07, 6.45) is 0. The number of benzene rings is 1. The van der Waals surface area contributed by atoms with Crippen LogP contribution in [0.2, 0.25) is 10.0 Å². The van der Waals surface area contributed by atoms with E-state index in [1.807, 2.05) is 0 Å². The van der Waals surface area contributed by atoms with Crippen molar-refractivity contribution in [3.63, 3.8) is 0 Å². The van der Waals surface area contributed by atoms with Gasteiger partial charge in [0, 0.05) is 5.56 Å². The highest BCUT2D eigenvalue weighted by Gasteiger charge is 2.27. The largest absolute Gasteiger partial charge is 0.465 e. The lowest BCUT2D eigenvalue weighted by Crippen LogP contribution is -2.13. The number of carbonyl (C=O) groups excluding carboxylic acids is 3. The smallest absolute Gasteiger partial charge is 0.348 e. The number of ether oxygens (including phenoxy) is 2. The summed E-state index contributed by atoms with van der Waals surface area (Å²) >= 11 is 12.9. The van der Waals surface area contributed by atoms with Crippen molar-refractivity contribution in [1.82, 2.24) is 0 Å². The number of anilines is 1. The number of esters is 2. The first-order valence-corrected chi connectivity index (χ1v) is 10.0. The standard InChI is InChI=1S/C20H15Cl2NO6S/c1-9-15(19(25)27-2)18(30-16(9)20(26)28-3)23-17(24)14-7-6-13(29-14)10-4-5-11(21)12(22)8-10/h4-8H,1-3H3,(H,23,24). The molecule has 7 nitrogen and oxygen atoms in total. The molecule has 0 saturated heterocycles. The van der Waals surface area contributed by atoms with Crippen molar-refractivity contribution in [2.24, 2.45) is 0 Å². The van der Waals surface area contributed by atoms with Crippen molar-refractivity contribution in [3.8, 4) is 11.3 Å². The number of rotatable bonds is 5. The second kappa shape index (κ2) is 8.91. The Labute approximate surface area is 185 Å². The molecule has 0 aliphatic rings. The SMILES string of the molecule is COC(=O)c1sc(NC(=O)c2ccc(-c3ccc(Cl)c(Cl)c3)o2)c(C(=O)OC)c1C. The number of hydrogen-bond acceptors (Lipinski definition) is 7. The lowest BCUT2D eigenvalue weighted by atomic mass is 10.1. The molecule has 0 fully saturated rings. The average molecular weight is 468 g/mol. The van der Waals surface area contributed by atoms with Crippen LogP contribution in [0.3, 0.4) is 0 Å². The van der Waals surface area contributed by atoms with Gasteiger partial charge in [-0.2, -0.15) is 0 Å². The molecule has 0 bridgehead atoms. The second-order valence-electron chi connectivity index (χ2n) is 5.99. The van der Waals surface area contributed by atoms with E-state index < -0.39 is 17.8 Å². The fourth-order valence-corrected chi connectivity index (χ4v) is 4.07. The van der Waals surface area contributed by atoms with Crippen molar-refractivity contribution in [2.45, 2.75) is 6.92 Å². The number of methoxy groups -OCH3 is 2. The summed E-state index contributed by atoms with van der Waals surface area (Å²) in [6, 6.07) is 8.02. The molecular weight excluding hydrogens is 453 g/mol. The fourth-order valence-electron chi connectivity index (χ4n) is 2.67. The van der Waals surface area contributed by atoms with Gasteiger partial charge in [-0.3, -0.25) is 4.79 Å². The van der Waals surface area contributed by atoms with Crippen molar-refractivity contribution < 1.29 is 28.3 Å². The molecule has 1 N–H and O–H groups in total. The van der Waals surface area contributed by atoms with Gasteiger partial charge in [-0.1, -0.05) is 23.2 Å². The normalized spacial score (nSPS) is 10.6. The monoisotopic (exact) mass is 467 g/mol. The molecule has 10 heteroatoms. The summed E-state index contributed by atoms with van der Waals surface area (Å²) in [7, 11) is 2.43. The van der Waals surface area contributed by atoms with Gasteiger partial charge in [0.15, 0.2) is 5.76 Å². The number of nitrogens with one attached hydrogen (secondary N) is 1. The Hall–Kier alpha value is -2.81. The minimum atomic E-state index is -0.690. The number of amides is 1. The summed E-state index contributed by atoms with van der Waals surface area (Å²) in [4.78, 5) is 37.0. The lowest BCUT2D eigenvalue weighted by Gasteiger charge is -2.05. The Morgan fingerprint density at radius 1 is 1.00 bits per heavy atom. The second-order valence-corrected chi connectivity index (χ2v) is 7.83. The lowest BCUT2D eigenvalue weighted by molar-refractivity contribution is 0.0601. The number of hydrogen-bond donors (Lipinski definition) is 1. The van der Waals surface area contributed by atoms with E-state index in [4.69, 9.17) is 37.1 Å². The van der Waals surface area contributed by atoms with E-state index in [2.05, 4.69) is 5.32 Å². The first-order chi connectivity index (χ1) is 14.3. The van der Waals surface area contributed by atoms with Gasteiger partial charge in [-0.15, -0.1) is 11.3 Å². The third-order valence-corrected chi connectivity index (χ3v) is 6.09. The Morgan fingerprint density at radius 3 is 2.33 bits per heavy atom. The van der Waals surface area contributed by atoms with E-state index in [0.29, 0.717) is 26.9 Å². The third-order valence-electron chi connectivity index (χ3n) is 4.17. The van der Waals surface area contributed by atoms with Crippen LogP contribution in [0.1, 0.15) is 36.1 Å². The Kier molecular flexibility index (Phi) is 6.50. The van der Waals surface area contributed by atoms with E-state index in [1.54, 1.807) is 31.2 Å². The molecule has 30 heavy (non-hydrogen) atoms. The van der Waals surface area contributed by atoms with Crippen molar-refractivity contribution in [3.05, 3.63) is 62.1 Å². The van der Waals surface area contributed by atoms with Gasteiger partial charge in [-0.25, -0.2) is 9.59 Å². The molecular formula is C20H15Cl2NO6S.